The van der Waals surface area contributed by atoms with Crippen LogP contribution < -0.4 is 10.1 Å². The van der Waals surface area contributed by atoms with Gasteiger partial charge in [0.05, 0.1) is 12.8 Å². The van der Waals surface area contributed by atoms with E-state index in [2.05, 4.69) is 38.7 Å². The van der Waals surface area contributed by atoms with Crippen LogP contribution in [-0.4, -0.2) is 13.0 Å². The van der Waals surface area contributed by atoms with E-state index in [1.54, 1.807) is 7.11 Å². The molecule has 3 nitrogen and oxygen atoms in total. The summed E-state index contributed by atoms with van der Waals surface area (Å²) in [4.78, 5) is 12.7. The average Bonchev–Trinajstić information content (AvgIpc) is 2.95. The van der Waals surface area contributed by atoms with Crippen molar-refractivity contribution in [1.82, 2.24) is 0 Å². The molecule has 2 fully saturated rings. The molecule has 28 heavy (non-hydrogen) atoms. The number of amides is 1. The van der Waals surface area contributed by atoms with Crippen molar-refractivity contribution >= 4 is 17.2 Å². The fourth-order valence-electron chi connectivity index (χ4n) is 6.51. The molecule has 3 aliphatic rings. The minimum atomic E-state index is -0.0217. The van der Waals surface area contributed by atoms with E-state index >= 15 is 0 Å². The Morgan fingerprint density at radius 1 is 1.29 bits per heavy atom. The molecule has 0 unspecified atom stereocenters. The van der Waals surface area contributed by atoms with Crippen molar-refractivity contribution in [1.29, 1.82) is 0 Å². The predicted molar refractivity (Wildman–Crippen MR) is 115 cm³/mol. The first kappa shape index (κ1) is 19.3. The highest BCUT2D eigenvalue weighted by molar-refractivity contribution is 6.32. The molecule has 1 heterocycles. The Kier molecular flexibility index (Phi) is 4.68. The fourth-order valence-corrected chi connectivity index (χ4v) is 6.51. The second-order valence-electron chi connectivity index (χ2n) is 9.84. The number of fused-ring (bicyclic) bond motifs is 2. The highest BCUT2D eigenvalue weighted by Crippen LogP contribution is 2.61. The summed E-state index contributed by atoms with van der Waals surface area (Å²) >= 11 is 0. The SMILES string of the molecule is C=C1CC[C@H]2C(C)(C)CCC[C@]2(C)[C@H]1C/C=C1/C(=O)Nc2c(OC)cccc21. The van der Waals surface area contributed by atoms with Crippen LogP contribution in [0.25, 0.3) is 5.57 Å². The van der Waals surface area contributed by atoms with Gasteiger partial charge in [-0.3, -0.25) is 4.79 Å². The highest BCUT2D eigenvalue weighted by atomic mass is 16.5. The van der Waals surface area contributed by atoms with Crippen LogP contribution in [-0.2, 0) is 4.79 Å². The van der Waals surface area contributed by atoms with E-state index in [0.717, 1.165) is 41.3 Å². The lowest BCUT2D eigenvalue weighted by Gasteiger charge is -2.58. The lowest BCUT2D eigenvalue weighted by atomic mass is 9.47. The van der Waals surface area contributed by atoms with E-state index in [4.69, 9.17) is 4.74 Å². The van der Waals surface area contributed by atoms with Crippen LogP contribution in [0.4, 0.5) is 5.69 Å². The average molecular weight is 380 g/mol. The zero-order valence-corrected chi connectivity index (χ0v) is 17.7. The predicted octanol–water partition coefficient (Wildman–Crippen LogP) is 6.22. The number of hydrogen-bond acceptors (Lipinski definition) is 2. The maximum absolute atomic E-state index is 12.7. The standard InChI is InChI=1S/C25H33NO2/c1-16-10-13-21-24(2,3)14-7-15-25(21,4)19(16)12-11-18-17-8-6-9-20(28-5)22(17)26-23(18)27/h6,8-9,11,19,21H,1,7,10,12-15H2,2-5H3,(H,26,27)/b18-11+/t19-,21-,25+/m0/s1. The number of carbonyl (C=O) groups is 1. The van der Waals surface area contributed by atoms with E-state index < -0.39 is 0 Å². The number of allylic oxidation sites excluding steroid dienone is 2. The molecule has 1 amide bonds. The zero-order chi connectivity index (χ0) is 20.1. The molecule has 3 atom stereocenters. The van der Waals surface area contributed by atoms with E-state index in [1.807, 2.05) is 18.2 Å². The van der Waals surface area contributed by atoms with E-state index in [-0.39, 0.29) is 11.3 Å². The number of benzene rings is 1. The zero-order valence-electron chi connectivity index (χ0n) is 17.7. The molecule has 4 rings (SSSR count). The van der Waals surface area contributed by atoms with Crippen LogP contribution in [0.15, 0.2) is 36.4 Å². The largest absolute Gasteiger partial charge is 0.495 e. The smallest absolute Gasteiger partial charge is 0.256 e. The second kappa shape index (κ2) is 6.79. The molecule has 1 aromatic carbocycles. The third-order valence-electron chi connectivity index (χ3n) is 7.90. The maximum Gasteiger partial charge on any atom is 0.256 e. The van der Waals surface area contributed by atoms with Gasteiger partial charge in [-0.25, -0.2) is 0 Å². The molecular weight excluding hydrogens is 346 g/mol. The van der Waals surface area contributed by atoms with Crippen molar-refractivity contribution in [2.24, 2.45) is 22.7 Å². The summed E-state index contributed by atoms with van der Waals surface area (Å²) in [6.45, 7) is 11.8. The van der Waals surface area contributed by atoms with Crippen molar-refractivity contribution < 1.29 is 9.53 Å². The topological polar surface area (TPSA) is 38.3 Å². The quantitative estimate of drug-likeness (QED) is 0.500. The molecule has 150 valence electrons. The van der Waals surface area contributed by atoms with Gasteiger partial charge in [0.15, 0.2) is 0 Å². The summed E-state index contributed by atoms with van der Waals surface area (Å²) < 4.78 is 5.42. The molecule has 0 saturated heterocycles. The van der Waals surface area contributed by atoms with Gasteiger partial charge < -0.3 is 10.1 Å². The summed E-state index contributed by atoms with van der Waals surface area (Å²) in [6.07, 6.45) is 9.31. The third kappa shape index (κ3) is 2.91. The molecule has 1 aromatic rings. The number of carbonyl (C=O) groups excluding carboxylic acids is 1. The minimum absolute atomic E-state index is 0.0217. The molecule has 3 heteroatoms. The monoisotopic (exact) mass is 379 g/mol. The lowest BCUT2D eigenvalue weighted by molar-refractivity contribution is -0.110. The van der Waals surface area contributed by atoms with Crippen LogP contribution in [0.1, 0.15) is 64.9 Å². The van der Waals surface area contributed by atoms with Gasteiger partial charge in [0.2, 0.25) is 0 Å². The molecule has 2 aliphatic carbocycles. The Bertz CT molecular complexity index is 850. The first-order chi connectivity index (χ1) is 13.3. The first-order valence-corrected chi connectivity index (χ1v) is 10.6. The van der Waals surface area contributed by atoms with Crippen molar-refractivity contribution in [2.75, 3.05) is 12.4 Å². The minimum Gasteiger partial charge on any atom is -0.495 e. The highest BCUT2D eigenvalue weighted by Gasteiger charge is 2.52. The normalized spacial score (nSPS) is 32.6. The third-order valence-corrected chi connectivity index (χ3v) is 7.90. The van der Waals surface area contributed by atoms with Crippen LogP contribution in [0.3, 0.4) is 0 Å². The fraction of sp³-hybridized carbons (Fsp3) is 0.560. The molecule has 0 spiro atoms. The van der Waals surface area contributed by atoms with Crippen LogP contribution >= 0.6 is 0 Å². The molecule has 1 N–H and O–H groups in total. The summed E-state index contributed by atoms with van der Waals surface area (Å²) in [7, 11) is 1.64. The van der Waals surface area contributed by atoms with Gasteiger partial charge in [-0.05, 0) is 60.8 Å². The van der Waals surface area contributed by atoms with Gasteiger partial charge in [-0.1, -0.05) is 57.6 Å². The summed E-state index contributed by atoms with van der Waals surface area (Å²) in [6, 6.07) is 5.85. The molecule has 0 bridgehead atoms. The Morgan fingerprint density at radius 3 is 2.82 bits per heavy atom. The van der Waals surface area contributed by atoms with E-state index in [1.165, 1.54) is 31.3 Å². The Morgan fingerprint density at radius 2 is 2.07 bits per heavy atom. The number of ether oxygens (including phenoxy) is 1. The van der Waals surface area contributed by atoms with Crippen LogP contribution in [0.5, 0.6) is 5.75 Å². The first-order valence-electron chi connectivity index (χ1n) is 10.6. The number of para-hydroxylation sites is 1. The molecule has 0 radical (unpaired) electrons. The van der Waals surface area contributed by atoms with Crippen LogP contribution in [0.2, 0.25) is 0 Å². The molecule has 0 aromatic heterocycles. The van der Waals surface area contributed by atoms with Gasteiger partial charge in [0.25, 0.3) is 5.91 Å². The number of methoxy groups -OCH3 is 1. The van der Waals surface area contributed by atoms with Gasteiger partial charge in [-0.2, -0.15) is 0 Å². The van der Waals surface area contributed by atoms with Gasteiger partial charge in [0, 0.05) is 11.1 Å². The van der Waals surface area contributed by atoms with Gasteiger partial charge in [-0.15, -0.1) is 0 Å². The number of anilines is 1. The Labute approximate surface area is 169 Å². The molecule has 2 saturated carbocycles. The van der Waals surface area contributed by atoms with Crippen molar-refractivity contribution in [3.05, 3.63) is 42.0 Å². The Balaban J connectivity index is 1.66. The molecular formula is C25H33NO2. The van der Waals surface area contributed by atoms with Crippen molar-refractivity contribution in [3.8, 4) is 5.75 Å². The van der Waals surface area contributed by atoms with Gasteiger partial charge in [0.1, 0.15) is 5.75 Å². The van der Waals surface area contributed by atoms with E-state index in [9.17, 15) is 4.79 Å². The summed E-state index contributed by atoms with van der Waals surface area (Å²) in [5, 5.41) is 2.99. The number of hydrogen-bond donors (Lipinski definition) is 1. The number of nitrogens with one attached hydrogen (secondary N) is 1. The van der Waals surface area contributed by atoms with Crippen molar-refractivity contribution in [3.63, 3.8) is 0 Å². The molecule has 1 aliphatic heterocycles. The Hall–Kier alpha value is -2.03. The second-order valence-corrected chi connectivity index (χ2v) is 9.84. The van der Waals surface area contributed by atoms with Gasteiger partial charge >= 0.3 is 0 Å². The van der Waals surface area contributed by atoms with Crippen LogP contribution in [0, 0.1) is 22.7 Å². The van der Waals surface area contributed by atoms with E-state index in [0.29, 0.717) is 11.3 Å². The number of rotatable bonds is 3. The summed E-state index contributed by atoms with van der Waals surface area (Å²) in [5.74, 6) is 1.87. The lowest BCUT2D eigenvalue weighted by Crippen LogP contribution is -2.49. The maximum atomic E-state index is 12.7. The van der Waals surface area contributed by atoms with Crippen molar-refractivity contribution in [2.45, 2.75) is 59.3 Å². The summed E-state index contributed by atoms with van der Waals surface area (Å²) in [5.41, 5.74) is 4.58.